The third-order valence-corrected chi connectivity index (χ3v) is 3.91. The Morgan fingerprint density at radius 3 is 2.22 bits per heavy atom. The van der Waals surface area contributed by atoms with Gasteiger partial charge in [-0.2, -0.15) is 0 Å². The molecule has 0 bridgehead atoms. The van der Waals surface area contributed by atoms with Gasteiger partial charge in [-0.3, -0.25) is 4.79 Å². The van der Waals surface area contributed by atoms with Crippen LogP contribution >= 0.6 is 0 Å². The number of nitrogens with one attached hydrogen (secondary N) is 1. The Kier molecular flexibility index (Phi) is 7.11. The number of rotatable bonds is 8. The molecule has 6 heteroatoms. The molecular weight excluding hydrogens is 346 g/mol. The minimum Gasteiger partial charge on any atom is -0.493 e. The smallest absolute Gasteiger partial charge is 0.262 e. The van der Waals surface area contributed by atoms with Crippen molar-refractivity contribution in [2.24, 2.45) is 0 Å². The van der Waals surface area contributed by atoms with Gasteiger partial charge in [0, 0.05) is 11.8 Å². The molecule has 0 radical (unpaired) electrons. The normalized spacial score (nSPS) is 10.6. The van der Waals surface area contributed by atoms with Crippen LogP contribution in [-0.4, -0.2) is 33.8 Å². The minimum atomic E-state index is -0.287. The van der Waals surface area contributed by atoms with Crippen molar-refractivity contribution in [3.63, 3.8) is 0 Å². The molecule has 0 aliphatic heterocycles. The Balaban J connectivity index is 2.07. The molecular formula is C21H25NO5. The summed E-state index contributed by atoms with van der Waals surface area (Å²) >= 11 is 0. The molecule has 0 aromatic heterocycles. The fourth-order valence-corrected chi connectivity index (χ4v) is 2.54. The maximum Gasteiger partial charge on any atom is 0.262 e. The SMILES string of the molecule is C/C=C/c1ccc(OCC(=O)Nc2cc(OC)c(OC)cc2C)c(OC)c1. The van der Waals surface area contributed by atoms with E-state index in [2.05, 4.69) is 5.32 Å². The zero-order chi connectivity index (χ0) is 19.8. The van der Waals surface area contributed by atoms with E-state index in [1.807, 2.05) is 38.1 Å². The van der Waals surface area contributed by atoms with Crippen LogP contribution in [0.1, 0.15) is 18.1 Å². The molecule has 0 saturated heterocycles. The van der Waals surface area contributed by atoms with E-state index < -0.39 is 0 Å². The number of amides is 1. The third-order valence-electron chi connectivity index (χ3n) is 3.91. The molecule has 1 amide bonds. The Bertz CT molecular complexity index is 830. The molecule has 2 rings (SSSR count). The Hall–Kier alpha value is -3.15. The van der Waals surface area contributed by atoms with Gasteiger partial charge in [-0.1, -0.05) is 18.2 Å². The van der Waals surface area contributed by atoms with Crippen molar-refractivity contribution in [3.05, 3.63) is 47.5 Å². The first kappa shape index (κ1) is 20.2. The van der Waals surface area contributed by atoms with Crippen LogP contribution < -0.4 is 24.3 Å². The average molecular weight is 371 g/mol. The number of carbonyl (C=O) groups excluding carboxylic acids is 1. The molecule has 1 N–H and O–H groups in total. The van der Waals surface area contributed by atoms with Crippen molar-refractivity contribution < 1.29 is 23.7 Å². The second-order valence-electron chi connectivity index (χ2n) is 5.77. The minimum absolute atomic E-state index is 0.146. The topological polar surface area (TPSA) is 66.0 Å². The lowest BCUT2D eigenvalue weighted by Gasteiger charge is -2.14. The van der Waals surface area contributed by atoms with E-state index in [0.29, 0.717) is 28.7 Å². The molecule has 0 fully saturated rings. The molecule has 0 heterocycles. The number of methoxy groups -OCH3 is 3. The first-order chi connectivity index (χ1) is 13.0. The fraction of sp³-hybridized carbons (Fsp3) is 0.286. The molecule has 0 atom stereocenters. The lowest BCUT2D eigenvalue weighted by atomic mass is 10.1. The zero-order valence-electron chi connectivity index (χ0n) is 16.3. The number of ether oxygens (including phenoxy) is 4. The quantitative estimate of drug-likeness (QED) is 0.758. The largest absolute Gasteiger partial charge is 0.493 e. The molecule has 27 heavy (non-hydrogen) atoms. The summed E-state index contributed by atoms with van der Waals surface area (Å²) < 4.78 is 21.5. The van der Waals surface area contributed by atoms with Crippen LogP contribution in [0.2, 0.25) is 0 Å². The zero-order valence-corrected chi connectivity index (χ0v) is 16.3. The van der Waals surface area contributed by atoms with Gasteiger partial charge in [-0.05, 0) is 43.2 Å². The molecule has 6 nitrogen and oxygen atoms in total. The summed E-state index contributed by atoms with van der Waals surface area (Å²) in [5, 5.41) is 2.82. The van der Waals surface area contributed by atoms with E-state index in [9.17, 15) is 4.79 Å². The highest BCUT2D eigenvalue weighted by Gasteiger charge is 2.12. The standard InChI is InChI=1S/C21H25NO5/c1-6-7-15-8-9-17(19(11-15)25-4)27-13-21(23)22-16-12-20(26-5)18(24-3)10-14(16)2/h6-12H,13H2,1-5H3,(H,22,23)/b7-6+. The van der Waals surface area contributed by atoms with Gasteiger partial charge in [0.15, 0.2) is 29.6 Å². The van der Waals surface area contributed by atoms with Gasteiger partial charge < -0.3 is 24.3 Å². The van der Waals surface area contributed by atoms with Gasteiger partial charge >= 0.3 is 0 Å². The van der Waals surface area contributed by atoms with Gasteiger partial charge in [0.05, 0.1) is 21.3 Å². The molecule has 0 spiro atoms. The average Bonchev–Trinajstić information content (AvgIpc) is 2.68. The molecule has 0 aliphatic carbocycles. The van der Waals surface area contributed by atoms with Crippen molar-refractivity contribution >= 4 is 17.7 Å². The molecule has 0 aliphatic rings. The van der Waals surface area contributed by atoms with Crippen molar-refractivity contribution in [3.8, 4) is 23.0 Å². The number of carbonyl (C=O) groups is 1. The fourth-order valence-electron chi connectivity index (χ4n) is 2.54. The van der Waals surface area contributed by atoms with E-state index in [0.717, 1.165) is 11.1 Å². The van der Waals surface area contributed by atoms with Crippen LogP contribution in [-0.2, 0) is 4.79 Å². The van der Waals surface area contributed by atoms with Crippen molar-refractivity contribution in [2.75, 3.05) is 33.3 Å². The van der Waals surface area contributed by atoms with E-state index in [4.69, 9.17) is 18.9 Å². The number of hydrogen-bond donors (Lipinski definition) is 1. The summed E-state index contributed by atoms with van der Waals surface area (Å²) in [6.45, 7) is 3.67. The Morgan fingerprint density at radius 2 is 1.59 bits per heavy atom. The van der Waals surface area contributed by atoms with E-state index >= 15 is 0 Å². The summed E-state index contributed by atoms with van der Waals surface area (Å²) in [4.78, 5) is 12.3. The van der Waals surface area contributed by atoms with Crippen molar-refractivity contribution in [2.45, 2.75) is 13.8 Å². The molecule has 2 aromatic rings. The van der Waals surface area contributed by atoms with Crippen LogP contribution in [0.3, 0.4) is 0 Å². The highest BCUT2D eigenvalue weighted by atomic mass is 16.5. The lowest BCUT2D eigenvalue weighted by Crippen LogP contribution is -2.21. The van der Waals surface area contributed by atoms with Gasteiger partial charge in [0.25, 0.3) is 5.91 Å². The molecule has 0 unspecified atom stereocenters. The van der Waals surface area contributed by atoms with Gasteiger partial charge in [0.2, 0.25) is 0 Å². The first-order valence-corrected chi connectivity index (χ1v) is 8.48. The maximum atomic E-state index is 12.3. The number of aryl methyl sites for hydroxylation is 1. The van der Waals surface area contributed by atoms with Gasteiger partial charge in [-0.25, -0.2) is 0 Å². The molecule has 0 saturated carbocycles. The summed E-state index contributed by atoms with van der Waals surface area (Å²) in [6, 6.07) is 9.06. The maximum absolute atomic E-state index is 12.3. The Labute approximate surface area is 159 Å². The van der Waals surface area contributed by atoms with Gasteiger partial charge in [-0.15, -0.1) is 0 Å². The van der Waals surface area contributed by atoms with E-state index in [1.165, 1.54) is 0 Å². The number of benzene rings is 2. The highest BCUT2D eigenvalue weighted by Crippen LogP contribution is 2.33. The van der Waals surface area contributed by atoms with Crippen LogP contribution in [0.4, 0.5) is 5.69 Å². The number of anilines is 1. The monoisotopic (exact) mass is 371 g/mol. The van der Waals surface area contributed by atoms with Crippen molar-refractivity contribution in [1.29, 1.82) is 0 Å². The summed E-state index contributed by atoms with van der Waals surface area (Å²) in [7, 11) is 4.68. The van der Waals surface area contributed by atoms with Crippen LogP contribution in [0.15, 0.2) is 36.4 Å². The highest BCUT2D eigenvalue weighted by molar-refractivity contribution is 5.93. The summed E-state index contributed by atoms with van der Waals surface area (Å²) in [5.41, 5.74) is 2.48. The molecule has 2 aromatic carbocycles. The number of allylic oxidation sites excluding steroid dienone is 1. The van der Waals surface area contributed by atoms with Gasteiger partial charge in [0.1, 0.15) is 0 Å². The predicted octanol–water partition coefficient (Wildman–Crippen LogP) is 4.07. The second kappa shape index (κ2) is 9.52. The number of hydrogen-bond acceptors (Lipinski definition) is 5. The summed E-state index contributed by atoms with van der Waals surface area (Å²) in [5.74, 6) is 1.94. The predicted molar refractivity (Wildman–Crippen MR) is 106 cm³/mol. The van der Waals surface area contributed by atoms with E-state index in [-0.39, 0.29) is 12.5 Å². The van der Waals surface area contributed by atoms with Crippen molar-refractivity contribution in [1.82, 2.24) is 0 Å². The van der Waals surface area contributed by atoms with Crippen LogP contribution in [0.5, 0.6) is 23.0 Å². The van der Waals surface area contributed by atoms with Crippen LogP contribution in [0, 0.1) is 6.92 Å². The molecule has 144 valence electrons. The lowest BCUT2D eigenvalue weighted by molar-refractivity contribution is -0.118. The Morgan fingerprint density at radius 1 is 0.963 bits per heavy atom. The second-order valence-corrected chi connectivity index (χ2v) is 5.77. The van der Waals surface area contributed by atoms with E-state index in [1.54, 1.807) is 39.5 Å². The first-order valence-electron chi connectivity index (χ1n) is 8.48. The third kappa shape index (κ3) is 5.17. The summed E-state index contributed by atoms with van der Waals surface area (Å²) in [6.07, 6.45) is 3.90. The van der Waals surface area contributed by atoms with Crippen LogP contribution in [0.25, 0.3) is 6.08 Å².